The lowest BCUT2D eigenvalue weighted by Gasteiger charge is -2.22. The largest absolute Gasteiger partial charge is 0.496 e. The Morgan fingerprint density at radius 1 is 1.15 bits per heavy atom. The molecule has 0 aliphatic carbocycles. The van der Waals surface area contributed by atoms with Crippen molar-refractivity contribution in [3.63, 3.8) is 0 Å². The lowest BCUT2D eigenvalue weighted by atomic mass is 9.97. The summed E-state index contributed by atoms with van der Waals surface area (Å²) in [5.41, 5.74) is 2.28. The average molecular weight is 290 g/mol. The van der Waals surface area contributed by atoms with Gasteiger partial charge >= 0.3 is 0 Å². The highest BCUT2D eigenvalue weighted by molar-refractivity contribution is 6.30. The van der Waals surface area contributed by atoms with Crippen molar-refractivity contribution >= 4 is 11.6 Å². The summed E-state index contributed by atoms with van der Waals surface area (Å²) in [4.78, 5) is 0. The highest BCUT2D eigenvalue weighted by Crippen LogP contribution is 2.30. The minimum atomic E-state index is 0.0878. The van der Waals surface area contributed by atoms with Crippen molar-refractivity contribution in [2.75, 3.05) is 13.7 Å². The van der Waals surface area contributed by atoms with E-state index in [0.29, 0.717) is 0 Å². The van der Waals surface area contributed by atoms with E-state index in [4.69, 9.17) is 16.3 Å². The SMILES string of the molecule is CCCNC(c1cccc(Cl)c1)c1ccccc1OC. The van der Waals surface area contributed by atoms with Gasteiger partial charge in [0.1, 0.15) is 5.75 Å². The third kappa shape index (κ3) is 3.53. The number of methoxy groups -OCH3 is 1. The zero-order chi connectivity index (χ0) is 14.4. The molecule has 2 aromatic carbocycles. The number of halogens is 1. The van der Waals surface area contributed by atoms with Crippen molar-refractivity contribution in [3.8, 4) is 5.75 Å². The van der Waals surface area contributed by atoms with Crippen LogP contribution in [-0.2, 0) is 0 Å². The summed E-state index contributed by atoms with van der Waals surface area (Å²) in [6.07, 6.45) is 1.08. The summed E-state index contributed by atoms with van der Waals surface area (Å²) in [7, 11) is 1.70. The Morgan fingerprint density at radius 2 is 1.95 bits per heavy atom. The molecule has 0 radical (unpaired) electrons. The van der Waals surface area contributed by atoms with E-state index >= 15 is 0 Å². The molecule has 0 saturated carbocycles. The van der Waals surface area contributed by atoms with E-state index in [1.54, 1.807) is 7.11 Å². The van der Waals surface area contributed by atoms with Gasteiger partial charge in [-0.2, -0.15) is 0 Å². The maximum absolute atomic E-state index is 6.13. The van der Waals surface area contributed by atoms with E-state index in [1.807, 2.05) is 36.4 Å². The van der Waals surface area contributed by atoms with E-state index in [-0.39, 0.29) is 6.04 Å². The Balaban J connectivity index is 2.41. The lowest BCUT2D eigenvalue weighted by Crippen LogP contribution is -2.23. The first-order chi connectivity index (χ1) is 9.76. The van der Waals surface area contributed by atoms with Crippen LogP contribution in [0, 0.1) is 0 Å². The van der Waals surface area contributed by atoms with Crippen LogP contribution in [0.3, 0.4) is 0 Å². The highest BCUT2D eigenvalue weighted by Gasteiger charge is 2.17. The number of rotatable bonds is 6. The summed E-state index contributed by atoms with van der Waals surface area (Å²) in [5.74, 6) is 0.890. The molecular formula is C17H20ClNO. The molecule has 3 heteroatoms. The number of benzene rings is 2. The molecule has 2 aromatic rings. The average Bonchev–Trinajstić information content (AvgIpc) is 2.48. The predicted molar refractivity (Wildman–Crippen MR) is 84.6 cm³/mol. The van der Waals surface area contributed by atoms with Crippen molar-refractivity contribution in [3.05, 3.63) is 64.7 Å². The van der Waals surface area contributed by atoms with Crippen LogP contribution in [0.5, 0.6) is 5.75 Å². The van der Waals surface area contributed by atoms with E-state index < -0.39 is 0 Å². The summed E-state index contributed by atoms with van der Waals surface area (Å²) < 4.78 is 5.49. The molecular weight excluding hydrogens is 270 g/mol. The Hall–Kier alpha value is -1.51. The highest BCUT2D eigenvalue weighted by atomic mass is 35.5. The molecule has 0 amide bonds. The minimum Gasteiger partial charge on any atom is -0.496 e. The smallest absolute Gasteiger partial charge is 0.123 e. The predicted octanol–water partition coefficient (Wildman–Crippen LogP) is 4.44. The first-order valence-corrected chi connectivity index (χ1v) is 7.25. The van der Waals surface area contributed by atoms with Gasteiger partial charge in [0.25, 0.3) is 0 Å². The summed E-state index contributed by atoms with van der Waals surface area (Å²) in [6, 6.07) is 16.1. The maximum atomic E-state index is 6.13. The molecule has 2 rings (SSSR count). The van der Waals surface area contributed by atoms with Gasteiger partial charge in [-0.3, -0.25) is 0 Å². The third-order valence-electron chi connectivity index (χ3n) is 3.23. The zero-order valence-electron chi connectivity index (χ0n) is 11.9. The van der Waals surface area contributed by atoms with E-state index in [9.17, 15) is 0 Å². The molecule has 20 heavy (non-hydrogen) atoms. The van der Waals surface area contributed by atoms with Crippen LogP contribution in [0.4, 0.5) is 0 Å². The van der Waals surface area contributed by atoms with Crippen molar-refractivity contribution in [1.82, 2.24) is 5.32 Å². The molecule has 0 saturated heterocycles. The van der Waals surface area contributed by atoms with Crippen LogP contribution in [-0.4, -0.2) is 13.7 Å². The van der Waals surface area contributed by atoms with Gasteiger partial charge in [-0.1, -0.05) is 48.9 Å². The molecule has 0 aliphatic heterocycles. The van der Waals surface area contributed by atoms with Crippen LogP contribution in [0.25, 0.3) is 0 Å². The Bertz CT molecular complexity index is 556. The van der Waals surface area contributed by atoms with Gasteiger partial charge in [0.15, 0.2) is 0 Å². The third-order valence-corrected chi connectivity index (χ3v) is 3.47. The van der Waals surface area contributed by atoms with E-state index in [2.05, 4.69) is 24.4 Å². The topological polar surface area (TPSA) is 21.3 Å². The number of nitrogens with one attached hydrogen (secondary N) is 1. The van der Waals surface area contributed by atoms with Gasteiger partial charge < -0.3 is 10.1 Å². The molecule has 0 fully saturated rings. The van der Waals surface area contributed by atoms with Crippen molar-refractivity contribution in [2.24, 2.45) is 0 Å². The van der Waals surface area contributed by atoms with Crippen LogP contribution >= 0.6 is 11.6 Å². The number of para-hydroxylation sites is 1. The molecule has 0 heterocycles. The standard InChI is InChI=1S/C17H20ClNO/c1-3-11-19-17(13-7-6-8-14(18)12-13)15-9-4-5-10-16(15)20-2/h4-10,12,17,19H,3,11H2,1-2H3. The minimum absolute atomic E-state index is 0.0878. The second kappa shape index (κ2) is 7.32. The Labute approximate surface area is 125 Å². The molecule has 0 bridgehead atoms. The monoisotopic (exact) mass is 289 g/mol. The number of ether oxygens (including phenoxy) is 1. The van der Waals surface area contributed by atoms with Gasteiger partial charge in [0.2, 0.25) is 0 Å². The van der Waals surface area contributed by atoms with Crippen molar-refractivity contribution in [1.29, 1.82) is 0 Å². The molecule has 2 nitrogen and oxygen atoms in total. The maximum Gasteiger partial charge on any atom is 0.123 e. The van der Waals surface area contributed by atoms with Gasteiger partial charge in [-0.25, -0.2) is 0 Å². The van der Waals surface area contributed by atoms with Crippen LogP contribution in [0.1, 0.15) is 30.5 Å². The lowest BCUT2D eigenvalue weighted by molar-refractivity contribution is 0.404. The summed E-state index contributed by atoms with van der Waals surface area (Å²) >= 11 is 6.13. The van der Waals surface area contributed by atoms with Gasteiger partial charge in [0, 0.05) is 10.6 Å². The second-order valence-corrected chi connectivity index (χ2v) is 5.12. The zero-order valence-corrected chi connectivity index (χ0v) is 12.7. The summed E-state index contributed by atoms with van der Waals surface area (Å²) in [6.45, 7) is 3.10. The van der Waals surface area contributed by atoms with Crippen molar-refractivity contribution < 1.29 is 4.74 Å². The molecule has 106 valence electrons. The van der Waals surface area contributed by atoms with E-state index in [0.717, 1.165) is 34.9 Å². The number of hydrogen-bond acceptors (Lipinski definition) is 2. The quantitative estimate of drug-likeness (QED) is 0.849. The molecule has 1 unspecified atom stereocenters. The van der Waals surface area contributed by atoms with Crippen LogP contribution in [0.15, 0.2) is 48.5 Å². The van der Waals surface area contributed by atoms with Gasteiger partial charge in [0.05, 0.1) is 13.2 Å². The molecule has 1 N–H and O–H groups in total. The Morgan fingerprint density at radius 3 is 2.65 bits per heavy atom. The fourth-order valence-corrected chi connectivity index (χ4v) is 2.49. The molecule has 1 atom stereocenters. The molecule has 0 spiro atoms. The fraction of sp³-hybridized carbons (Fsp3) is 0.294. The van der Waals surface area contributed by atoms with Gasteiger partial charge in [-0.05, 0) is 36.7 Å². The molecule has 0 aliphatic rings. The Kier molecular flexibility index (Phi) is 5.45. The van der Waals surface area contributed by atoms with Gasteiger partial charge in [-0.15, -0.1) is 0 Å². The van der Waals surface area contributed by atoms with Crippen molar-refractivity contribution in [2.45, 2.75) is 19.4 Å². The second-order valence-electron chi connectivity index (χ2n) is 4.68. The van der Waals surface area contributed by atoms with Crippen LogP contribution in [0.2, 0.25) is 5.02 Å². The first-order valence-electron chi connectivity index (χ1n) is 6.88. The first kappa shape index (κ1) is 14.9. The normalized spacial score (nSPS) is 12.2. The number of hydrogen-bond donors (Lipinski definition) is 1. The summed E-state index contributed by atoms with van der Waals surface area (Å²) in [5, 5.41) is 4.32. The van der Waals surface area contributed by atoms with Crippen LogP contribution < -0.4 is 10.1 Å². The fourth-order valence-electron chi connectivity index (χ4n) is 2.29. The van der Waals surface area contributed by atoms with E-state index in [1.165, 1.54) is 0 Å². The molecule has 0 aromatic heterocycles.